The van der Waals surface area contributed by atoms with Gasteiger partial charge in [-0.2, -0.15) is 0 Å². The van der Waals surface area contributed by atoms with Gasteiger partial charge in [0, 0.05) is 11.8 Å². The highest BCUT2D eigenvalue weighted by molar-refractivity contribution is 5.76. The van der Waals surface area contributed by atoms with Crippen molar-refractivity contribution < 1.29 is 4.74 Å². The molecule has 1 aromatic carbocycles. The van der Waals surface area contributed by atoms with Gasteiger partial charge in [-0.3, -0.25) is 4.40 Å². The fraction of sp³-hybridized carbons (Fsp3) is 0.235. The Bertz CT molecular complexity index is 777. The van der Waals surface area contributed by atoms with Gasteiger partial charge in [-0.1, -0.05) is 25.1 Å². The molecule has 0 fully saturated rings. The number of anilines is 1. The first-order valence-electron chi connectivity index (χ1n) is 7.17. The maximum atomic E-state index is 6.25. The van der Waals surface area contributed by atoms with E-state index in [0.717, 1.165) is 34.6 Å². The zero-order chi connectivity index (χ0) is 14.8. The first-order chi connectivity index (χ1) is 10.2. The molecular weight excluding hydrogens is 262 g/mol. The van der Waals surface area contributed by atoms with Crippen molar-refractivity contribution in [3.8, 4) is 17.0 Å². The van der Waals surface area contributed by atoms with Crippen molar-refractivity contribution in [2.45, 2.75) is 20.3 Å². The molecule has 3 aromatic rings. The van der Waals surface area contributed by atoms with Crippen LogP contribution in [0.2, 0.25) is 0 Å². The summed E-state index contributed by atoms with van der Waals surface area (Å²) in [5.74, 6) is 1.50. The van der Waals surface area contributed by atoms with E-state index in [1.54, 1.807) is 0 Å². The highest BCUT2D eigenvalue weighted by atomic mass is 16.5. The van der Waals surface area contributed by atoms with Crippen LogP contribution >= 0.6 is 0 Å². The minimum Gasteiger partial charge on any atom is -0.494 e. The Morgan fingerprint density at radius 3 is 2.86 bits per heavy atom. The number of imidazole rings is 1. The molecule has 4 nitrogen and oxygen atoms in total. The topological polar surface area (TPSA) is 52.5 Å². The number of rotatable bonds is 4. The van der Waals surface area contributed by atoms with E-state index in [4.69, 9.17) is 10.5 Å². The van der Waals surface area contributed by atoms with Crippen LogP contribution in [-0.2, 0) is 0 Å². The van der Waals surface area contributed by atoms with E-state index in [0.29, 0.717) is 12.4 Å². The number of nitrogens with zero attached hydrogens (tertiary/aromatic N) is 2. The molecule has 2 aromatic heterocycles. The predicted molar refractivity (Wildman–Crippen MR) is 85.6 cm³/mol. The molecule has 0 saturated carbocycles. The summed E-state index contributed by atoms with van der Waals surface area (Å²) in [5, 5.41) is 0. The second-order valence-electron chi connectivity index (χ2n) is 5.11. The summed E-state index contributed by atoms with van der Waals surface area (Å²) in [6.45, 7) is 4.84. The average molecular weight is 281 g/mol. The molecule has 0 radical (unpaired) electrons. The molecule has 2 heterocycles. The molecule has 3 rings (SSSR count). The van der Waals surface area contributed by atoms with Crippen LogP contribution in [0, 0.1) is 6.92 Å². The zero-order valence-electron chi connectivity index (χ0n) is 12.3. The summed E-state index contributed by atoms with van der Waals surface area (Å²) in [6.07, 6.45) is 2.92. The minimum atomic E-state index is 0.654. The summed E-state index contributed by atoms with van der Waals surface area (Å²) in [7, 11) is 0. The maximum absolute atomic E-state index is 6.25. The second kappa shape index (κ2) is 5.48. The fourth-order valence-corrected chi connectivity index (χ4v) is 2.39. The smallest absolute Gasteiger partial charge is 0.142 e. The van der Waals surface area contributed by atoms with Gasteiger partial charge >= 0.3 is 0 Å². The summed E-state index contributed by atoms with van der Waals surface area (Å²) >= 11 is 0. The van der Waals surface area contributed by atoms with E-state index in [2.05, 4.69) is 11.9 Å². The number of fused-ring (bicyclic) bond motifs is 1. The largest absolute Gasteiger partial charge is 0.494 e. The lowest BCUT2D eigenvalue weighted by Gasteiger charge is -2.06. The molecule has 2 N–H and O–H groups in total. The van der Waals surface area contributed by atoms with Crippen LogP contribution in [-0.4, -0.2) is 16.0 Å². The normalized spacial score (nSPS) is 11.0. The number of nitrogen functional groups attached to an aromatic ring is 1. The number of nitrogens with two attached hydrogens (primary N) is 1. The number of pyridine rings is 1. The number of benzene rings is 1. The van der Waals surface area contributed by atoms with Crippen LogP contribution in [0.3, 0.4) is 0 Å². The number of aryl methyl sites for hydroxylation is 1. The van der Waals surface area contributed by atoms with Crippen molar-refractivity contribution in [2.24, 2.45) is 0 Å². The van der Waals surface area contributed by atoms with Crippen LogP contribution in [0.1, 0.15) is 18.9 Å². The molecule has 0 bridgehead atoms. The van der Waals surface area contributed by atoms with Gasteiger partial charge in [-0.25, -0.2) is 4.98 Å². The molecule has 0 saturated heterocycles. The molecule has 0 aliphatic carbocycles. The van der Waals surface area contributed by atoms with E-state index in [1.807, 2.05) is 53.9 Å². The highest BCUT2D eigenvalue weighted by Crippen LogP contribution is 2.29. The number of ether oxygens (including phenoxy) is 1. The lowest BCUT2D eigenvalue weighted by molar-refractivity contribution is 0.317. The lowest BCUT2D eigenvalue weighted by Crippen LogP contribution is -1.96. The van der Waals surface area contributed by atoms with Gasteiger partial charge in [-0.15, -0.1) is 0 Å². The third-order valence-corrected chi connectivity index (χ3v) is 3.46. The van der Waals surface area contributed by atoms with E-state index in [9.17, 15) is 0 Å². The van der Waals surface area contributed by atoms with Crippen molar-refractivity contribution in [3.05, 3.63) is 48.2 Å². The average Bonchev–Trinajstić information content (AvgIpc) is 2.84. The standard InChI is InChI=1S/C17H19N3O/c1-3-10-21-14-8-4-7-13(11-14)15-16(18)20-9-5-6-12(2)17(20)19-15/h4-9,11H,3,10,18H2,1-2H3. The van der Waals surface area contributed by atoms with E-state index in [1.165, 1.54) is 0 Å². The van der Waals surface area contributed by atoms with Crippen LogP contribution in [0.5, 0.6) is 5.75 Å². The zero-order valence-corrected chi connectivity index (χ0v) is 12.3. The van der Waals surface area contributed by atoms with Crippen molar-refractivity contribution in [1.82, 2.24) is 9.38 Å². The van der Waals surface area contributed by atoms with Gasteiger partial charge in [0.25, 0.3) is 0 Å². The Balaban J connectivity index is 2.08. The minimum absolute atomic E-state index is 0.654. The van der Waals surface area contributed by atoms with Crippen molar-refractivity contribution >= 4 is 11.5 Å². The predicted octanol–water partition coefficient (Wildman–Crippen LogP) is 3.68. The molecule has 0 aliphatic rings. The Morgan fingerprint density at radius 1 is 1.24 bits per heavy atom. The van der Waals surface area contributed by atoms with Crippen LogP contribution in [0.15, 0.2) is 42.6 Å². The van der Waals surface area contributed by atoms with Gasteiger partial charge in [-0.05, 0) is 37.1 Å². The van der Waals surface area contributed by atoms with Gasteiger partial charge in [0.05, 0.1) is 6.61 Å². The summed E-state index contributed by atoms with van der Waals surface area (Å²) in [6, 6.07) is 11.9. The molecule has 0 aliphatic heterocycles. The first-order valence-corrected chi connectivity index (χ1v) is 7.17. The SMILES string of the molecule is CCCOc1cccc(-c2nc3c(C)cccn3c2N)c1. The second-order valence-corrected chi connectivity index (χ2v) is 5.11. The Hall–Kier alpha value is -2.49. The van der Waals surface area contributed by atoms with Gasteiger partial charge in [0.15, 0.2) is 0 Å². The van der Waals surface area contributed by atoms with Crippen LogP contribution < -0.4 is 10.5 Å². The summed E-state index contributed by atoms with van der Waals surface area (Å²) in [5.41, 5.74) is 10.0. The van der Waals surface area contributed by atoms with E-state index in [-0.39, 0.29) is 0 Å². The van der Waals surface area contributed by atoms with E-state index >= 15 is 0 Å². The number of aromatic nitrogens is 2. The monoisotopic (exact) mass is 281 g/mol. The molecule has 0 amide bonds. The lowest BCUT2D eigenvalue weighted by atomic mass is 10.1. The first kappa shape index (κ1) is 13.5. The van der Waals surface area contributed by atoms with Gasteiger partial charge < -0.3 is 10.5 Å². The molecular formula is C17H19N3O. The molecule has 0 unspecified atom stereocenters. The van der Waals surface area contributed by atoms with E-state index < -0.39 is 0 Å². The molecule has 0 spiro atoms. The van der Waals surface area contributed by atoms with Gasteiger partial charge in [0.1, 0.15) is 22.9 Å². The van der Waals surface area contributed by atoms with Crippen molar-refractivity contribution in [2.75, 3.05) is 12.3 Å². The quantitative estimate of drug-likeness (QED) is 0.793. The summed E-state index contributed by atoms with van der Waals surface area (Å²) < 4.78 is 7.60. The summed E-state index contributed by atoms with van der Waals surface area (Å²) in [4.78, 5) is 4.69. The third-order valence-electron chi connectivity index (χ3n) is 3.46. The third kappa shape index (κ3) is 2.44. The fourth-order valence-electron chi connectivity index (χ4n) is 2.39. The Kier molecular flexibility index (Phi) is 3.52. The number of hydrogen-bond acceptors (Lipinski definition) is 3. The van der Waals surface area contributed by atoms with Gasteiger partial charge in [0.2, 0.25) is 0 Å². The maximum Gasteiger partial charge on any atom is 0.142 e. The Labute approximate surface area is 124 Å². The Morgan fingerprint density at radius 2 is 2.10 bits per heavy atom. The van der Waals surface area contributed by atoms with Crippen molar-refractivity contribution in [1.29, 1.82) is 0 Å². The van der Waals surface area contributed by atoms with Crippen LogP contribution in [0.4, 0.5) is 5.82 Å². The highest BCUT2D eigenvalue weighted by Gasteiger charge is 2.12. The van der Waals surface area contributed by atoms with Crippen molar-refractivity contribution in [3.63, 3.8) is 0 Å². The molecule has 108 valence electrons. The molecule has 21 heavy (non-hydrogen) atoms. The molecule has 4 heteroatoms. The molecule has 0 atom stereocenters. The number of hydrogen-bond donors (Lipinski definition) is 1. The van der Waals surface area contributed by atoms with Crippen LogP contribution in [0.25, 0.3) is 16.9 Å².